The summed E-state index contributed by atoms with van der Waals surface area (Å²) in [6.45, 7) is 3.81. The molecule has 0 unspecified atom stereocenters. The molecule has 0 aromatic heterocycles. The summed E-state index contributed by atoms with van der Waals surface area (Å²) in [7, 11) is -4.04. The zero-order valence-electron chi connectivity index (χ0n) is 17.8. The predicted molar refractivity (Wildman–Crippen MR) is 121 cm³/mol. The van der Waals surface area contributed by atoms with Crippen molar-refractivity contribution in [2.24, 2.45) is 0 Å². The largest absolute Gasteiger partial charge is 0.478 e. The third-order valence-corrected chi connectivity index (χ3v) is 7.68. The average Bonchev–Trinajstić information content (AvgIpc) is 2.79. The molecule has 7 nitrogen and oxygen atoms in total. The SMILES string of the molecule is O=C(O)c1cc(NS(=O)(=O)c2cccc(F)c2)ccc1N1CCC(N2CCCCC2)CC1. The quantitative estimate of drug-likeness (QED) is 0.681. The molecule has 9 heteroatoms. The summed E-state index contributed by atoms with van der Waals surface area (Å²) in [6.07, 6.45) is 5.75. The highest BCUT2D eigenvalue weighted by Gasteiger charge is 2.27. The van der Waals surface area contributed by atoms with E-state index in [0.29, 0.717) is 11.7 Å². The predicted octanol–water partition coefficient (Wildman–Crippen LogP) is 3.78. The van der Waals surface area contributed by atoms with Gasteiger partial charge in [0.1, 0.15) is 5.82 Å². The zero-order valence-corrected chi connectivity index (χ0v) is 18.7. The van der Waals surface area contributed by atoms with Crippen molar-refractivity contribution in [3.8, 4) is 0 Å². The Morgan fingerprint density at radius 3 is 2.38 bits per heavy atom. The highest BCUT2D eigenvalue weighted by molar-refractivity contribution is 7.92. The molecule has 2 N–H and O–H groups in total. The van der Waals surface area contributed by atoms with E-state index in [1.54, 1.807) is 12.1 Å². The smallest absolute Gasteiger partial charge is 0.337 e. The number of halogens is 1. The number of aromatic carboxylic acids is 1. The van der Waals surface area contributed by atoms with Crippen LogP contribution in [0.25, 0.3) is 0 Å². The number of anilines is 2. The van der Waals surface area contributed by atoms with Crippen molar-refractivity contribution >= 4 is 27.4 Å². The first-order valence-corrected chi connectivity index (χ1v) is 12.5. The van der Waals surface area contributed by atoms with Crippen LogP contribution in [0.15, 0.2) is 47.4 Å². The number of carbonyl (C=O) groups is 1. The van der Waals surface area contributed by atoms with Crippen LogP contribution in [0.2, 0.25) is 0 Å². The Hall–Kier alpha value is -2.65. The zero-order chi connectivity index (χ0) is 22.7. The maximum atomic E-state index is 13.4. The Kier molecular flexibility index (Phi) is 6.66. The molecular weight excluding hydrogens is 433 g/mol. The lowest BCUT2D eigenvalue weighted by Crippen LogP contribution is -2.47. The van der Waals surface area contributed by atoms with Gasteiger partial charge in [-0.3, -0.25) is 4.72 Å². The van der Waals surface area contributed by atoms with Crippen LogP contribution in [-0.4, -0.2) is 56.6 Å². The van der Waals surface area contributed by atoms with Crippen molar-refractivity contribution in [1.82, 2.24) is 4.90 Å². The van der Waals surface area contributed by atoms with Crippen LogP contribution in [0.3, 0.4) is 0 Å². The van der Waals surface area contributed by atoms with E-state index in [4.69, 9.17) is 0 Å². The van der Waals surface area contributed by atoms with Gasteiger partial charge in [-0.25, -0.2) is 17.6 Å². The van der Waals surface area contributed by atoms with Crippen LogP contribution >= 0.6 is 0 Å². The summed E-state index contributed by atoms with van der Waals surface area (Å²) in [6, 6.07) is 9.73. The summed E-state index contributed by atoms with van der Waals surface area (Å²) in [5, 5.41) is 9.77. The molecule has 0 saturated carbocycles. The van der Waals surface area contributed by atoms with Crippen molar-refractivity contribution in [3.05, 3.63) is 53.8 Å². The first kappa shape index (κ1) is 22.5. The van der Waals surface area contributed by atoms with Crippen LogP contribution < -0.4 is 9.62 Å². The van der Waals surface area contributed by atoms with E-state index in [-0.39, 0.29) is 16.1 Å². The molecule has 4 rings (SSSR count). The minimum Gasteiger partial charge on any atom is -0.478 e. The highest BCUT2D eigenvalue weighted by atomic mass is 32.2. The van der Waals surface area contributed by atoms with Crippen molar-refractivity contribution in [1.29, 1.82) is 0 Å². The van der Waals surface area contributed by atoms with Gasteiger partial charge < -0.3 is 14.9 Å². The highest BCUT2D eigenvalue weighted by Crippen LogP contribution is 2.30. The second-order valence-corrected chi connectivity index (χ2v) is 10.1. The minimum absolute atomic E-state index is 0.0425. The van der Waals surface area contributed by atoms with E-state index in [0.717, 1.165) is 51.2 Å². The van der Waals surface area contributed by atoms with E-state index in [1.165, 1.54) is 37.5 Å². The molecule has 2 aromatic rings. The molecule has 2 aliphatic rings. The number of carboxylic acids is 1. The number of sulfonamides is 1. The maximum Gasteiger partial charge on any atom is 0.337 e. The Morgan fingerprint density at radius 1 is 1.00 bits per heavy atom. The number of benzene rings is 2. The topological polar surface area (TPSA) is 89.9 Å². The van der Waals surface area contributed by atoms with Crippen molar-refractivity contribution in [2.75, 3.05) is 35.8 Å². The lowest BCUT2D eigenvalue weighted by Gasteiger charge is -2.41. The standard InChI is InChI=1S/C23H28FN3O4S/c24-17-5-4-6-20(15-17)32(30,31)25-18-7-8-22(21(16-18)23(28)29)27-13-9-19(10-14-27)26-11-2-1-3-12-26/h4-8,15-16,19,25H,1-3,9-14H2,(H,28,29). The van der Waals surface area contributed by atoms with E-state index < -0.39 is 21.8 Å². The van der Waals surface area contributed by atoms with E-state index in [9.17, 15) is 22.7 Å². The fourth-order valence-corrected chi connectivity index (χ4v) is 5.73. The molecule has 0 aliphatic carbocycles. The number of likely N-dealkylation sites (tertiary alicyclic amines) is 1. The van der Waals surface area contributed by atoms with E-state index in [1.807, 2.05) is 0 Å². The number of nitrogens with zero attached hydrogens (tertiary/aromatic N) is 2. The van der Waals surface area contributed by atoms with E-state index in [2.05, 4.69) is 14.5 Å². The molecule has 0 amide bonds. The lowest BCUT2D eigenvalue weighted by molar-refractivity contribution is 0.0697. The molecule has 2 saturated heterocycles. The minimum atomic E-state index is -4.04. The molecule has 0 spiro atoms. The number of hydrogen-bond donors (Lipinski definition) is 2. The fraction of sp³-hybridized carbons (Fsp3) is 0.435. The molecule has 2 aromatic carbocycles. The molecule has 172 valence electrons. The molecular formula is C23H28FN3O4S. The Balaban J connectivity index is 1.49. The van der Waals surface area contributed by atoms with Crippen molar-refractivity contribution in [3.63, 3.8) is 0 Å². The van der Waals surface area contributed by atoms with Gasteiger partial charge in [-0.15, -0.1) is 0 Å². The van der Waals surface area contributed by atoms with Crippen LogP contribution in [0.1, 0.15) is 42.5 Å². The first-order valence-electron chi connectivity index (χ1n) is 11.0. The summed E-state index contributed by atoms with van der Waals surface area (Å²) in [4.78, 5) is 16.3. The first-order chi connectivity index (χ1) is 15.3. The van der Waals surface area contributed by atoms with Gasteiger partial charge in [-0.1, -0.05) is 12.5 Å². The van der Waals surface area contributed by atoms with Gasteiger partial charge in [0, 0.05) is 24.8 Å². The summed E-state index contributed by atoms with van der Waals surface area (Å²) >= 11 is 0. The van der Waals surface area contributed by atoms with Gasteiger partial charge in [0.15, 0.2) is 0 Å². The molecule has 2 fully saturated rings. The van der Waals surface area contributed by atoms with Gasteiger partial charge >= 0.3 is 5.97 Å². The molecule has 32 heavy (non-hydrogen) atoms. The molecule has 0 bridgehead atoms. The average molecular weight is 462 g/mol. The molecule has 0 atom stereocenters. The molecule has 2 aliphatic heterocycles. The number of carboxylic acid groups (broad SMARTS) is 1. The van der Waals surface area contributed by atoms with Gasteiger partial charge in [0.25, 0.3) is 10.0 Å². The van der Waals surface area contributed by atoms with Crippen molar-refractivity contribution < 1.29 is 22.7 Å². The third kappa shape index (κ3) is 5.05. The van der Waals surface area contributed by atoms with Gasteiger partial charge in [-0.2, -0.15) is 0 Å². The molecule has 2 heterocycles. The second kappa shape index (κ2) is 9.46. The second-order valence-electron chi connectivity index (χ2n) is 8.41. The lowest BCUT2D eigenvalue weighted by atomic mass is 9.98. The monoisotopic (exact) mass is 461 g/mol. The van der Waals surface area contributed by atoms with Gasteiger partial charge in [0.05, 0.1) is 16.1 Å². The summed E-state index contributed by atoms with van der Waals surface area (Å²) in [5.41, 5.74) is 0.753. The Morgan fingerprint density at radius 2 is 1.72 bits per heavy atom. The number of nitrogens with one attached hydrogen (secondary N) is 1. The van der Waals surface area contributed by atoms with Crippen LogP contribution in [-0.2, 0) is 10.0 Å². The number of rotatable bonds is 6. The van der Waals surface area contributed by atoms with Crippen LogP contribution in [0.4, 0.5) is 15.8 Å². The molecule has 0 radical (unpaired) electrons. The van der Waals surface area contributed by atoms with Gasteiger partial charge in [-0.05, 0) is 75.2 Å². The number of hydrogen-bond acceptors (Lipinski definition) is 5. The Bertz CT molecular complexity index is 1080. The number of piperidine rings is 2. The summed E-state index contributed by atoms with van der Waals surface area (Å²) in [5.74, 6) is -1.78. The van der Waals surface area contributed by atoms with E-state index >= 15 is 0 Å². The van der Waals surface area contributed by atoms with Gasteiger partial charge in [0.2, 0.25) is 0 Å². The van der Waals surface area contributed by atoms with Crippen LogP contribution in [0.5, 0.6) is 0 Å². The normalized spacial score (nSPS) is 18.5. The fourth-order valence-electron chi connectivity index (χ4n) is 4.65. The third-order valence-electron chi connectivity index (χ3n) is 6.30. The Labute approximate surface area is 187 Å². The van der Waals surface area contributed by atoms with Crippen molar-refractivity contribution in [2.45, 2.75) is 43.0 Å². The van der Waals surface area contributed by atoms with Crippen LogP contribution in [0, 0.1) is 5.82 Å². The maximum absolute atomic E-state index is 13.4. The summed E-state index contributed by atoms with van der Waals surface area (Å²) < 4.78 is 40.9.